The second kappa shape index (κ2) is 5.25. The molecule has 0 aromatic heterocycles. The first kappa shape index (κ1) is 13.3. The molecule has 3 heteroatoms. The topological polar surface area (TPSA) is 15.7 Å². The van der Waals surface area contributed by atoms with E-state index in [-0.39, 0.29) is 0 Å². The van der Waals surface area contributed by atoms with Crippen molar-refractivity contribution >= 4 is 0 Å². The highest BCUT2D eigenvalue weighted by Crippen LogP contribution is 2.25. The van der Waals surface area contributed by atoms with E-state index in [1.165, 1.54) is 32.5 Å². The smallest absolute Gasteiger partial charge is 0.0645 e. The van der Waals surface area contributed by atoms with Gasteiger partial charge in [0.15, 0.2) is 0 Å². The first-order chi connectivity index (χ1) is 8.02. The lowest BCUT2D eigenvalue weighted by atomic mass is 9.95. The summed E-state index contributed by atoms with van der Waals surface area (Å²) in [6.07, 6.45) is 2.64. The fourth-order valence-corrected chi connectivity index (χ4v) is 3.28. The lowest BCUT2D eigenvalue weighted by Gasteiger charge is -2.47. The Morgan fingerprint density at radius 2 is 1.76 bits per heavy atom. The van der Waals surface area contributed by atoms with Crippen LogP contribution in [0.3, 0.4) is 0 Å². The van der Waals surface area contributed by atoms with Gasteiger partial charge >= 0.3 is 0 Å². The van der Waals surface area contributed by atoms with Crippen molar-refractivity contribution in [2.75, 3.05) is 32.8 Å². The highest BCUT2D eigenvalue weighted by Gasteiger charge is 2.34. The van der Waals surface area contributed by atoms with Crippen molar-refractivity contribution in [3.8, 4) is 0 Å². The van der Waals surface area contributed by atoms with Crippen LogP contribution in [0, 0.1) is 0 Å². The average molecular weight is 240 g/mol. The van der Waals surface area contributed by atoms with E-state index in [0.29, 0.717) is 5.54 Å². The van der Waals surface area contributed by atoms with Crippen LogP contribution in [0.15, 0.2) is 0 Å². The van der Waals surface area contributed by atoms with Crippen LogP contribution in [0.2, 0.25) is 0 Å². The summed E-state index contributed by atoms with van der Waals surface area (Å²) in [5.41, 5.74) is 0.307. The predicted octanol–water partition coefficient (Wildman–Crippen LogP) is 1.97. The van der Waals surface area contributed by atoms with E-state index < -0.39 is 0 Å². The minimum Gasteiger partial charge on any atom is -0.378 e. The molecule has 2 aliphatic rings. The molecule has 0 bridgehead atoms. The number of piperidine rings is 1. The average Bonchev–Trinajstić information content (AvgIpc) is 2.16. The third kappa shape index (κ3) is 3.01. The second-order valence-electron chi connectivity index (χ2n) is 6.42. The van der Waals surface area contributed by atoms with E-state index in [9.17, 15) is 0 Å². The quantitative estimate of drug-likeness (QED) is 0.750. The molecular weight excluding hydrogens is 212 g/mol. The third-order valence-corrected chi connectivity index (χ3v) is 4.28. The van der Waals surface area contributed by atoms with Gasteiger partial charge in [-0.05, 0) is 40.2 Å². The Hall–Kier alpha value is -0.120. The highest BCUT2D eigenvalue weighted by molar-refractivity contribution is 4.89. The van der Waals surface area contributed by atoms with Gasteiger partial charge in [0.1, 0.15) is 0 Å². The molecule has 2 rings (SSSR count). The molecule has 100 valence electrons. The van der Waals surface area contributed by atoms with Crippen molar-refractivity contribution in [3.63, 3.8) is 0 Å². The van der Waals surface area contributed by atoms with Crippen LogP contribution in [0.1, 0.15) is 40.5 Å². The van der Waals surface area contributed by atoms with E-state index in [4.69, 9.17) is 4.74 Å². The van der Waals surface area contributed by atoms with Crippen molar-refractivity contribution < 1.29 is 4.74 Å². The van der Waals surface area contributed by atoms with Gasteiger partial charge in [-0.15, -0.1) is 0 Å². The molecule has 0 atom stereocenters. The van der Waals surface area contributed by atoms with E-state index in [0.717, 1.165) is 25.3 Å². The number of hydrogen-bond donors (Lipinski definition) is 0. The van der Waals surface area contributed by atoms with Crippen LogP contribution < -0.4 is 0 Å². The number of ether oxygens (including phenoxy) is 1. The van der Waals surface area contributed by atoms with Crippen molar-refractivity contribution in [1.29, 1.82) is 0 Å². The Morgan fingerprint density at radius 1 is 1.18 bits per heavy atom. The molecule has 0 spiro atoms. The Kier molecular flexibility index (Phi) is 4.11. The van der Waals surface area contributed by atoms with Gasteiger partial charge in [-0.1, -0.05) is 6.92 Å². The maximum absolute atomic E-state index is 5.29. The molecule has 2 heterocycles. The first-order valence-corrected chi connectivity index (χ1v) is 7.11. The molecule has 2 fully saturated rings. The van der Waals surface area contributed by atoms with Gasteiger partial charge in [-0.2, -0.15) is 0 Å². The van der Waals surface area contributed by atoms with Crippen LogP contribution in [0.5, 0.6) is 0 Å². The van der Waals surface area contributed by atoms with Gasteiger partial charge in [0.05, 0.1) is 19.3 Å². The normalized spacial score (nSPS) is 25.2. The summed E-state index contributed by atoms with van der Waals surface area (Å²) in [5, 5.41) is 0. The predicted molar refractivity (Wildman–Crippen MR) is 71.3 cm³/mol. The van der Waals surface area contributed by atoms with Crippen molar-refractivity contribution in [3.05, 3.63) is 0 Å². The van der Waals surface area contributed by atoms with Crippen LogP contribution in [-0.2, 0) is 4.74 Å². The van der Waals surface area contributed by atoms with Gasteiger partial charge in [-0.3, -0.25) is 9.80 Å². The summed E-state index contributed by atoms with van der Waals surface area (Å²) in [5.74, 6) is 0. The van der Waals surface area contributed by atoms with Gasteiger partial charge in [0.25, 0.3) is 0 Å². The zero-order chi connectivity index (χ0) is 12.5. The zero-order valence-electron chi connectivity index (χ0n) is 11.9. The molecular formula is C14H28N2O. The minimum atomic E-state index is 0.307. The molecule has 0 aromatic carbocycles. The molecule has 0 saturated carbocycles. The van der Waals surface area contributed by atoms with Crippen LogP contribution in [0.25, 0.3) is 0 Å². The Balaban J connectivity index is 1.84. The maximum Gasteiger partial charge on any atom is 0.0645 e. The monoisotopic (exact) mass is 240 g/mol. The molecule has 2 saturated heterocycles. The highest BCUT2D eigenvalue weighted by atomic mass is 16.5. The van der Waals surface area contributed by atoms with Crippen molar-refractivity contribution in [1.82, 2.24) is 9.80 Å². The van der Waals surface area contributed by atoms with E-state index in [2.05, 4.69) is 37.5 Å². The maximum atomic E-state index is 5.29. The first-order valence-electron chi connectivity index (χ1n) is 7.11. The SMILES string of the molecule is CCN(C1CCN(C2COC2)CC1)C(C)(C)C. The van der Waals surface area contributed by atoms with Gasteiger partial charge in [-0.25, -0.2) is 0 Å². The Morgan fingerprint density at radius 3 is 2.12 bits per heavy atom. The molecule has 2 aliphatic heterocycles. The van der Waals surface area contributed by atoms with E-state index in [1.54, 1.807) is 0 Å². The molecule has 0 N–H and O–H groups in total. The second-order valence-corrected chi connectivity index (χ2v) is 6.42. The molecule has 17 heavy (non-hydrogen) atoms. The number of nitrogens with zero attached hydrogens (tertiary/aromatic N) is 2. The molecule has 0 aromatic rings. The summed E-state index contributed by atoms with van der Waals surface area (Å²) in [6.45, 7) is 14.9. The number of hydrogen-bond acceptors (Lipinski definition) is 3. The Bertz CT molecular complexity index is 237. The van der Waals surface area contributed by atoms with Gasteiger partial charge in [0.2, 0.25) is 0 Å². The van der Waals surface area contributed by atoms with Crippen LogP contribution >= 0.6 is 0 Å². The van der Waals surface area contributed by atoms with Gasteiger partial charge in [0, 0.05) is 24.7 Å². The number of rotatable bonds is 3. The largest absolute Gasteiger partial charge is 0.378 e. The Labute approximate surface area is 106 Å². The van der Waals surface area contributed by atoms with Gasteiger partial charge < -0.3 is 4.74 Å². The fourth-order valence-electron chi connectivity index (χ4n) is 3.28. The van der Waals surface area contributed by atoms with Crippen molar-refractivity contribution in [2.24, 2.45) is 0 Å². The fraction of sp³-hybridized carbons (Fsp3) is 1.00. The molecule has 3 nitrogen and oxygen atoms in total. The van der Waals surface area contributed by atoms with Crippen LogP contribution in [-0.4, -0.2) is 60.3 Å². The standard InChI is InChI=1S/C14H28N2O/c1-5-16(14(2,3)4)12-6-8-15(9-7-12)13-10-17-11-13/h12-13H,5-11H2,1-4H3. The third-order valence-electron chi connectivity index (χ3n) is 4.28. The summed E-state index contributed by atoms with van der Waals surface area (Å²) < 4.78 is 5.29. The summed E-state index contributed by atoms with van der Waals surface area (Å²) >= 11 is 0. The van der Waals surface area contributed by atoms with Crippen LogP contribution in [0.4, 0.5) is 0 Å². The minimum absolute atomic E-state index is 0.307. The zero-order valence-corrected chi connectivity index (χ0v) is 11.9. The lowest BCUT2D eigenvalue weighted by Crippen LogP contribution is -2.56. The molecule has 0 amide bonds. The molecule has 0 unspecified atom stereocenters. The van der Waals surface area contributed by atoms with E-state index in [1.807, 2.05) is 0 Å². The number of likely N-dealkylation sites (tertiary alicyclic amines) is 1. The molecule has 0 aliphatic carbocycles. The summed E-state index contributed by atoms with van der Waals surface area (Å²) in [7, 11) is 0. The molecule has 0 radical (unpaired) electrons. The lowest BCUT2D eigenvalue weighted by molar-refractivity contribution is -0.0794. The van der Waals surface area contributed by atoms with Crippen molar-refractivity contribution in [2.45, 2.75) is 58.2 Å². The summed E-state index contributed by atoms with van der Waals surface area (Å²) in [4.78, 5) is 5.29. The summed E-state index contributed by atoms with van der Waals surface area (Å²) in [6, 6.07) is 1.50. The van der Waals surface area contributed by atoms with E-state index >= 15 is 0 Å².